The Labute approximate surface area is 111 Å². The van der Waals surface area contributed by atoms with Gasteiger partial charge in [0.2, 0.25) is 5.91 Å². The topological polar surface area (TPSA) is 68.2 Å². The zero-order valence-electron chi connectivity index (χ0n) is 10.4. The van der Waals surface area contributed by atoms with E-state index in [4.69, 9.17) is 5.26 Å². The van der Waals surface area contributed by atoms with Gasteiger partial charge in [0, 0.05) is 25.3 Å². The Kier molecular flexibility index (Phi) is 4.44. The van der Waals surface area contributed by atoms with Gasteiger partial charge in [0.1, 0.15) is 11.9 Å². The number of piperazine rings is 1. The van der Waals surface area contributed by atoms with E-state index in [1.165, 1.54) is 18.2 Å². The van der Waals surface area contributed by atoms with E-state index in [1.54, 1.807) is 6.07 Å². The maximum atomic E-state index is 13.0. The average molecular weight is 262 g/mol. The first-order valence-electron chi connectivity index (χ1n) is 6.09. The summed E-state index contributed by atoms with van der Waals surface area (Å²) < 4.78 is 13.0. The molecule has 0 bridgehead atoms. The van der Waals surface area contributed by atoms with E-state index in [9.17, 15) is 9.18 Å². The Hall–Kier alpha value is -1.97. The maximum Gasteiger partial charge on any atom is 0.238 e. The van der Waals surface area contributed by atoms with Crippen LogP contribution in [0.2, 0.25) is 0 Å². The van der Waals surface area contributed by atoms with Crippen molar-refractivity contribution >= 4 is 11.6 Å². The van der Waals surface area contributed by atoms with Crippen molar-refractivity contribution in [3.05, 3.63) is 30.1 Å². The fourth-order valence-corrected chi connectivity index (χ4v) is 2.01. The van der Waals surface area contributed by atoms with Crippen LogP contribution in [0.1, 0.15) is 0 Å². The standard InChI is InChI=1S/C13H15FN4O/c14-10-2-1-3-11(6-10)17-13(19)9-18-5-4-16-8-12(18)7-15/h1-3,6,12,16H,4-5,8-9H2,(H,17,19). The zero-order chi connectivity index (χ0) is 13.7. The first kappa shape index (κ1) is 13.5. The van der Waals surface area contributed by atoms with Gasteiger partial charge < -0.3 is 10.6 Å². The lowest BCUT2D eigenvalue weighted by atomic mass is 10.2. The molecule has 1 aliphatic rings. The van der Waals surface area contributed by atoms with Crippen molar-refractivity contribution in [2.75, 3.05) is 31.5 Å². The van der Waals surface area contributed by atoms with Crippen molar-refractivity contribution in [1.29, 1.82) is 5.26 Å². The van der Waals surface area contributed by atoms with Gasteiger partial charge in [0.05, 0.1) is 12.6 Å². The van der Waals surface area contributed by atoms with Gasteiger partial charge in [0.25, 0.3) is 0 Å². The van der Waals surface area contributed by atoms with Gasteiger partial charge in [-0.3, -0.25) is 9.69 Å². The molecule has 2 N–H and O–H groups in total. The van der Waals surface area contributed by atoms with Crippen LogP contribution in [0, 0.1) is 17.1 Å². The summed E-state index contributed by atoms with van der Waals surface area (Å²) in [5.41, 5.74) is 0.425. The molecule has 0 aromatic heterocycles. The number of halogens is 1. The third-order valence-corrected chi connectivity index (χ3v) is 2.96. The summed E-state index contributed by atoms with van der Waals surface area (Å²) in [6.45, 7) is 2.10. The van der Waals surface area contributed by atoms with Gasteiger partial charge in [-0.15, -0.1) is 0 Å². The summed E-state index contributed by atoms with van der Waals surface area (Å²) in [6, 6.07) is 7.60. The van der Waals surface area contributed by atoms with E-state index >= 15 is 0 Å². The monoisotopic (exact) mass is 262 g/mol. The molecule has 1 saturated heterocycles. The molecule has 1 aromatic carbocycles. The molecule has 6 heteroatoms. The Morgan fingerprint density at radius 3 is 3.21 bits per heavy atom. The zero-order valence-corrected chi connectivity index (χ0v) is 10.4. The molecule has 1 amide bonds. The number of carbonyl (C=O) groups excluding carboxylic acids is 1. The number of nitrogens with zero attached hydrogens (tertiary/aromatic N) is 2. The Morgan fingerprint density at radius 1 is 1.63 bits per heavy atom. The van der Waals surface area contributed by atoms with Crippen molar-refractivity contribution in [2.45, 2.75) is 6.04 Å². The molecule has 1 heterocycles. The van der Waals surface area contributed by atoms with Crippen molar-refractivity contribution < 1.29 is 9.18 Å². The maximum absolute atomic E-state index is 13.0. The van der Waals surface area contributed by atoms with Crippen LogP contribution in [0.15, 0.2) is 24.3 Å². The highest BCUT2D eigenvalue weighted by atomic mass is 19.1. The third-order valence-electron chi connectivity index (χ3n) is 2.96. The molecular formula is C13H15FN4O. The Morgan fingerprint density at radius 2 is 2.47 bits per heavy atom. The van der Waals surface area contributed by atoms with Crippen LogP contribution in [0.3, 0.4) is 0 Å². The molecule has 1 aromatic rings. The molecule has 19 heavy (non-hydrogen) atoms. The second-order valence-electron chi connectivity index (χ2n) is 4.38. The summed E-state index contributed by atoms with van der Waals surface area (Å²) in [6.07, 6.45) is 0. The normalized spacial score (nSPS) is 19.7. The number of anilines is 1. The highest BCUT2D eigenvalue weighted by Crippen LogP contribution is 2.09. The van der Waals surface area contributed by atoms with Crippen LogP contribution in [-0.4, -0.2) is 43.0 Å². The summed E-state index contributed by atoms with van der Waals surface area (Å²) in [5, 5.41) is 14.7. The van der Waals surface area contributed by atoms with Gasteiger partial charge in [-0.2, -0.15) is 5.26 Å². The smallest absolute Gasteiger partial charge is 0.238 e. The Balaban J connectivity index is 1.92. The van der Waals surface area contributed by atoms with Crippen molar-refractivity contribution in [3.63, 3.8) is 0 Å². The molecule has 100 valence electrons. The molecule has 0 aliphatic carbocycles. The summed E-state index contributed by atoms with van der Waals surface area (Å²) in [5.74, 6) is -0.636. The fraction of sp³-hybridized carbons (Fsp3) is 0.385. The molecule has 1 unspecified atom stereocenters. The van der Waals surface area contributed by atoms with Crippen LogP contribution in [0.25, 0.3) is 0 Å². The lowest BCUT2D eigenvalue weighted by molar-refractivity contribution is -0.117. The molecule has 1 aliphatic heterocycles. The summed E-state index contributed by atoms with van der Waals surface area (Å²) in [7, 11) is 0. The lowest BCUT2D eigenvalue weighted by Crippen LogP contribution is -2.52. The molecule has 5 nitrogen and oxygen atoms in total. The third kappa shape index (κ3) is 3.74. The van der Waals surface area contributed by atoms with Gasteiger partial charge >= 0.3 is 0 Å². The molecule has 0 saturated carbocycles. The van der Waals surface area contributed by atoms with Crippen LogP contribution in [0.4, 0.5) is 10.1 Å². The first-order valence-corrected chi connectivity index (χ1v) is 6.09. The van der Waals surface area contributed by atoms with E-state index in [-0.39, 0.29) is 18.5 Å². The first-order chi connectivity index (χ1) is 9.19. The van der Waals surface area contributed by atoms with E-state index in [0.717, 1.165) is 6.54 Å². The summed E-state index contributed by atoms with van der Waals surface area (Å²) >= 11 is 0. The molecule has 1 fully saturated rings. The molecule has 0 spiro atoms. The van der Waals surface area contributed by atoms with Crippen molar-refractivity contribution in [2.24, 2.45) is 0 Å². The van der Waals surface area contributed by atoms with Crippen LogP contribution in [-0.2, 0) is 4.79 Å². The minimum atomic E-state index is -0.394. The SMILES string of the molecule is N#CC1CNCCN1CC(=O)Nc1cccc(F)c1. The fourth-order valence-electron chi connectivity index (χ4n) is 2.01. The number of carbonyl (C=O) groups is 1. The molecular weight excluding hydrogens is 247 g/mol. The number of nitriles is 1. The number of hydrogen-bond acceptors (Lipinski definition) is 4. The van der Waals surface area contributed by atoms with Gasteiger partial charge in [-0.1, -0.05) is 6.07 Å². The molecule has 2 rings (SSSR count). The number of hydrogen-bond donors (Lipinski definition) is 2. The lowest BCUT2D eigenvalue weighted by Gasteiger charge is -2.31. The summed E-state index contributed by atoms with van der Waals surface area (Å²) in [4.78, 5) is 13.7. The Bertz CT molecular complexity index is 500. The highest BCUT2D eigenvalue weighted by Gasteiger charge is 2.23. The van der Waals surface area contributed by atoms with Crippen LogP contribution < -0.4 is 10.6 Å². The van der Waals surface area contributed by atoms with Crippen molar-refractivity contribution in [1.82, 2.24) is 10.2 Å². The van der Waals surface area contributed by atoms with Gasteiger partial charge in [-0.05, 0) is 18.2 Å². The largest absolute Gasteiger partial charge is 0.325 e. The quantitative estimate of drug-likeness (QED) is 0.835. The minimum absolute atomic E-state index is 0.135. The van der Waals surface area contributed by atoms with E-state index in [2.05, 4.69) is 16.7 Å². The second-order valence-corrected chi connectivity index (χ2v) is 4.38. The van der Waals surface area contributed by atoms with E-state index < -0.39 is 5.82 Å². The van der Waals surface area contributed by atoms with Crippen LogP contribution in [0.5, 0.6) is 0 Å². The number of amides is 1. The minimum Gasteiger partial charge on any atom is -0.325 e. The number of benzene rings is 1. The molecule has 1 atom stereocenters. The van der Waals surface area contributed by atoms with Crippen LogP contribution >= 0.6 is 0 Å². The van der Waals surface area contributed by atoms with Gasteiger partial charge in [-0.25, -0.2) is 4.39 Å². The number of rotatable bonds is 3. The average Bonchev–Trinajstić information content (AvgIpc) is 2.39. The van der Waals surface area contributed by atoms with Crippen molar-refractivity contribution in [3.8, 4) is 6.07 Å². The van der Waals surface area contributed by atoms with Gasteiger partial charge in [0.15, 0.2) is 0 Å². The number of nitrogens with one attached hydrogen (secondary N) is 2. The highest BCUT2D eigenvalue weighted by molar-refractivity contribution is 5.92. The van der Waals surface area contributed by atoms with E-state index in [1.807, 2.05) is 4.90 Å². The predicted octanol–water partition coefficient (Wildman–Crippen LogP) is 0.562. The molecule has 0 radical (unpaired) electrons. The van der Waals surface area contributed by atoms with E-state index in [0.29, 0.717) is 18.8 Å². The second kappa shape index (κ2) is 6.27. The predicted molar refractivity (Wildman–Crippen MR) is 68.9 cm³/mol.